The highest BCUT2D eigenvalue weighted by molar-refractivity contribution is 5.81. The molecule has 0 radical (unpaired) electrons. The van der Waals surface area contributed by atoms with Gasteiger partial charge in [-0.25, -0.2) is 4.79 Å². The quantitative estimate of drug-likeness (QED) is 0.534. The molecule has 0 atom stereocenters. The monoisotopic (exact) mass is 330 g/mol. The molecule has 0 amide bonds. The van der Waals surface area contributed by atoms with Crippen molar-refractivity contribution in [3.63, 3.8) is 0 Å². The average molecular weight is 330 g/mol. The zero-order valence-electron chi connectivity index (χ0n) is 15.5. The van der Waals surface area contributed by atoms with Gasteiger partial charge in [-0.05, 0) is 62.2 Å². The second-order valence-electron chi connectivity index (χ2n) is 7.19. The second-order valence-corrected chi connectivity index (χ2v) is 7.19. The molecule has 1 rings (SSSR count). The van der Waals surface area contributed by atoms with Gasteiger partial charge in [-0.1, -0.05) is 49.3 Å². The number of allylic oxidation sites excluding steroid dienone is 7. The van der Waals surface area contributed by atoms with Crippen molar-refractivity contribution in [1.82, 2.24) is 0 Å². The van der Waals surface area contributed by atoms with E-state index in [0.29, 0.717) is 11.1 Å². The Morgan fingerprint density at radius 2 is 1.92 bits per heavy atom. The molecule has 24 heavy (non-hydrogen) atoms. The van der Waals surface area contributed by atoms with Gasteiger partial charge >= 0.3 is 5.97 Å². The van der Waals surface area contributed by atoms with Crippen LogP contribution in [0.5, 0.6) is 0 Å². The molecule has 1 aliphatic carbocycles. The highest BCUT2D eigenvalue weighted by Crippen LogP contribution is 2.40. The number of hydrogen-bond acceptors (Lipinski definition) is 2. The molecule has 0 bridgehead atoms. The molecule has 0 unspecified atom stereocenters. The highest BCUT2D eigenvalue weighted by Gasteiger charge is 2.26. The van der Waals surface area contributed by atoms with E-state index in [1.54, 1.807) is 13.0 Å². The molecule has 132 valence electrons. The number of carboxylic acids is 1. The maximum atomic E-state index is 10.7. The first-order valence-corrected chi connectivity index (χ1v) is 8.45. The van der Waals surface area contributed by atoms with Gasteiger partial charge < -0.3 is 10.2 Å². The first-order valence-electron chi connectivity index (χ1n) is 8.45. The molecular formula is C21H30O3. The van der Waals surface area contributed by atoms with E-state index in [0.717, 1.165) is 11.6 Å². The van der Waals surface area contributed by atoms with Crippen molar-refractivity contribution in [1.29, 1.82) is 0 Å². The van der Waals surface area contributed by atoms with Crippen molar-refractivity contribution in [3.05, 3.63) is 58.2 Å². The van der Waals surface area contributed by atoms with Crippen LogP contribution in [-0.2, 0) is 4.79 Å². The lowest BCUT2D eigenvalue weighted by molar-refractivity contribution is -0.131. The van der Waals surface area contributed by atoms with Crippen LogP contribution in [0.15, 0.2) is 58.2 Å². The molecule has 1 aliphatic rings. The Hall–Kier alpha value is -1.87. The van der Waals surface area contributed by atoms with Crippen LogP contribution in [-0.4, -0.2) is 22.8 Å². The third kappa shape index (κ3) is 5.97. The topological polar surface area (TPSA) is 57.5 Å². The Bertz CT molecular complexity index is 625. The minimum Gasteiger partial charge on any atom is -0.478 e. The molecule has 0 saturated carbocycles. The van der Waals surface area contributed by atoms with Gasteiger partial charge in [0.1, 0.15) is 0 Å². The van der Waals surface area contributed by atoms with Gasteiger partial charge in [0.15, 0.2) is 0 Å². The van der Waals surface area contributed by atoms with Crippen LogP contribution in [0.2, 0.25) is 0 Å². The van der Waals surface area contributed by atoms with E-state index in [2.05, 4.69) is 32.9 Å². The predicted octanol–water partition coefficient (Wildman–Crippen LogP) is 4.97. The molecule has 0 saturated heterocycles. The van der Waals surface area contributed by atoms with Crippen molar-refractivity contribution < 1.29 is 15.0 Å². The number of aliphatic carboxylic acids is 1. The molecule has 3 heteroatoms. The van der Waals surface area contributed by atoms with Crippen molar-refractivity contribution in [2.75, 3.05) is 6.61 Å². The fourth-order valence-corrected chi connectivity index (χ4v) is 3.10. The summed E-state index contributed by atoms with van der Waals surface area (Å²) < 4.78 is 0. The van der Waals surface area contributed by atoms with Crippen molar-refractivity contribution >= 4 is 5.97 Å². The minimum absolute atomic E-state index is 0.180. The Labute approximate surface area is 145 Å². The van der Waals surface area contributed by atoms with Gasteiger partial charge in [0.2, 0.25) is 0 Å². The first kappa shape index (κ1) is 20.2. The van der Waals surface area contributed by atoms with Crippen LogP contribution >= 0.6 is 0 Å². The average Bonchev–Trinajstić information content (AvgIpc) is 2.45. The third-order valence-electron chi connectivity index (χ3n) is 4.62. The molecule has 0 aromatic carbocycles. The van der Waals surface area contributed by atoms with Crippen LogP contribution < -0.4 is 0 Å². The summed E-state index contributed by atoms with van der Waals surface area (Å²) in [6.07, 6.45) is 12.7. The summed E-state index contributed by atoms with van der Waals surface area (Å²) >= 11 is 0. The minimum atomic E-state index is -1.01. The predicted molar refractivity (Wildman–Crippen MR) is 99.8 cm³/mol. The van der Waals surface area contributed by atoms with Crippen LogP contribution in [0.3, 0.4) is 0 Å². The van der Waals surface area contributed by atoms with Crippen LogP contribution in [0.1, 0.15) is 53.9 Å². The lowest BCUT2D eigenvalue weighted by Gasteiger charge is -2.32. The van der Waals surface area contributed by atoms with Crippen LogP contribution in [0.25, 0.3) is 0 Å². The maximum Gasteiger partial charge on any atom is 0.328 e. The number of carbonyl (C=O) groups is 1. The summed E-state index contributed by atoms with van der Waals surface area (Å²) in [4.78, 5) is 10.7. The SMILES string of the molecule is CC(C=CC1=C(C)CCCC1(C)C)=CC=C(CO)C(C)=CC(=O)O. The Balaban J connectivity index is 2.97. The molecule has 0 aromatic rings. The van der Waals surface area contributed by atoms with E-state index in [9.17, 15) is 9.90 Å². The summed E-state index contributed by atoms with van der Waals surface area (Å²) in [5, 5.41) is 18.2. The lowest BCUT2D eigenvalue weighted by Crippen LogP contribution is -2.19. The van der Waals surface area contributed by atoms with E-state index < -0.39 is 5.97 Å². The smallest absolute Gasteiger partial charge is 0.328 e. The van der Waals surface area contributed by atoms with Gasteiger partial charge in [-0.3, -0.25) is 0 Å². The van der Waals surface area contributed by atoms with E-state index >= 15 is 0 Å². The normalized spacial score (nSPS) is 20.0. The van der Waals surface area contributed by atoms with Gasteiger partial charge in [0, 0.05) is 6.08 Å². The fourth-order valence-electron chi connectivity index (χ4n) is 3.10. The van der Waals surface area contributed by atoms with Gasteiger partial charge in [-0.2, -0.15) is 0 Å². The van der Waals surface area contributed by atoms with Gasteiger partial charge in [0.25, 0.3) is 0 Å². The number of hydrogen-bond donors (Lipinski definition) is 2. The molecule has 0 aromatic heterocycles. The fraction of sp³-hybridized carbons (Fsp3) is 0.476. The molecule has 3 nitrogen and oxygen atoms in total. The molecular weight excluding hydrogens is 300 g/mol. The number of rotatable bonds is 6. The number of carboxylic acid groups (broad SMARTS) is 1. The summed E-state index contributed by atoms with van der Waals surface area (Å²) in [5.74, 6) is -1.01. The summed E-state index contributed by atoms with van der Waals surface area (Å²) in [5.41, 5.74) is 5.32. The van der Waals surface area contributed by atoms with Crippen LogP contribution in [0, 0.1) is 5.41 Å². The standard InChI is InChI=1S/C21H30O3/c1-15(8-10-18(14-22)17(3)13-20(23)24)9-11-19-16(2)7-6-12-21(19,4)5/h8-11,13,22H,6-7,12,14H2,1-5H3,(H,23,24). The van der Waals surface area contributed by atoms with Gasteiger partial charge in [0.05, 0.1) is 6.61 Å². The molecule has 0 fully saturated rings. The molecule has 0 heterocycles. The summed E-state index contributed by atoms with van der Waals surface area (Å²) in [7, 11) is 0. The maximum absolute atomic E-state index is 10.7. The van der Waals surface area contributed by atoms with Gasteiger partial charge in [-0.15, -0.1) is 0 Å². The number of aliphatic hydroxyl groups excluding tert-OH is 1. The Morgan fingerprint density at radius 1 is 1.25 bits per heavy atom. The zero-order chi connectivity index (χ0) is 18.3. The summed E-state index contributed by atoms with van der Waals surface area (Å²) in [6, 6.07) is 0. The van der Waals surface area contributed by atoms with Crippen molar-refractivity contribution in [2.45, 2.75) is 53.9 Å². The van der Waals surface area contributed by atoms with Crippen LogP contribution in [0.4, 0.5) is 0 Å². The van der Waals surface area contributed by atoms with E-state index in [-0.39, 0.29) is 12.0 Å². The van der Waals surface area contributed by atoms with Crippen molar-refractivity contribution in [3.8, 4) is 0 Å². The highest BCUT2D eigenvalue weighted by atomic mass is 16.4. The Morgan fingerprint density at radius 3 is 2.46 bits per heavy atom. The Kier molecular flexibility index (Phi) is 7.43. The van der Waals surface area contributed by atoms with Crippen molar-refractivity contribution in [2.24, 2.45) is 5.41 Å². The molecule has 0 aliphatic heterocycles. The zero-order valence-corrected chi connectivity index (χ0v) is 15.5. The molecule has 0 spiro atoms. The third-order valence-corrected chi connectivity index (χ3v) is 4.62. The molecule has 2 N–H and O–H groups in total. The largest absolute Gasteiger partial charge is 0.478 e. The number of aliphatic hydroxyl groups is 1. The van der Waals surface area contributed by atoms with E-state index in [1.807, 2.05) is 13.0 Å². The van der Waals surface area contributed by atoms with E-state index in [1.165, 1.54) is 30.4 Å². The summed E-state index contributed by atoms with van der Waals surface area (Å²) in [6.45, 7) is 10.3. The first-order chi connectivity index (χ1) is 11.2. The second kappa shape index (κ2) is 8.84. The lowest BCUT2D eigenvalue weighted by atomic mass is 9.72. The van der Waals surface area contributed by atoms with E-state index in [4.69, 9.17) is 5.11 Å².